The van der Waals surface area contributed by atoms with Crippen molar-refractivity contribution in [2.45, 2.75) is 6.29 Å². The topological polar surface area (TPSA) is 69.9 Å². The summed E-state index contributed by atoms with van der Waals surface area (Å²) in [6.45, 7) is 0. The molecule has 0 amide bonds. The Morgan fingerprint density at radius 1 is 1.33 bits per heavy atom. The molecule has 1 aromatic rings. The highest BCUT2D eigenvalue weighted by molar-refractivity contribution is 5.41. The molecule has 0 spiro atoms. The van der Waals surface area contributed by atoms with Crippen LogP contribution in [0.1, 0.15) is 11.9 Å². The maximum absolute atomic E-state index is 9.19. The number of hydrogen-bond donors (Lipinski definition) is 3. The zero-order valence-electron chi connectivity index (χ0n) is 6.56. The lowest BCUT2D eigenvalue weighted by Crippen LogP contribution is -1.94. The molecule has 12 heavy (non-hydrogen) atoms. The highest BCUT2D eigenvalue weighted by Gasteiger charge is 2.06. The normalized spacial score (nSPS) is 10.3. The van der Waals surface area contributed by atoms with Gasteiger partial charge < -0.3 is 20.1 Å². The summed E-state index contributed by atoms with van der Waals surface area (Å²) < 4.78 is 4.77. The Kier molecular flexibility index (Phi) is 2.52. The first kappa shape index (κ1) is 8.83. The molecule has 0 aliphatic carbocycles. The number of methoxy groups -OCH3 is 1. The maximum Gasteiger partial charge on any atom is 0.178 e. The van der Waals surface area contributed by atoms with Gasteiger partial charge in [0.05, 0.1) is 7.11 Å². The second kappa shape index (κ2) is 3.42. The van der Waals surface area contributed by atoms with Gasteiger partial charge in [0.2, 0.25) is 0 Å². The average Bonchev–Trinajstić information content (AvgIpc) is 2.04. The van der Waals surface area contributed by atoms with Crippen molar-refractivity contribution >= 4 is 0 Å². The standard InChI is InChI=1S/C8H10O4/c1-12-7-3-2-5(8(10)11)4-6(7)9/h2-4,8-11H,1H3. The molecule has 0 bridgehead atoms. The molecule has 1 aromatic carbocycles. The van der Waals surface area contributed by atoms with E-state index >= 15 is 0 Å². The SMILES string of the molecule is COc1ccc(C(O)O)cc1O. The number of benzene rings is 1. The lowest BCUT2D eigenvalue weighted by atomic mass is 10.2. The van der Waals surface area contributed by atoms with Crippen LogP contribution in [0.25, 0.3) is 0 Å². The first-order valence-electron chi connectivity index (χ1n) is 3.38. The molecule has 0 saturated heterocycles. The molecule has 4 nitrogen and oxygen atoms in total. The molecule has 4 heteroatoms. The summed E-state index contributed by atoms with van der Waals surface area (Å²) in [6, 6.07) is 4.16. The van der Waals surface area contributed by atoms with Crippen LogP contribution in [0, 0.1) is 0 Å². The number of aromatic hydroxyl groups is 1. The Morgan fingerprint density at radius 3 is 2.42 bits per heavy atom. The van der Waals surface area contributed by atoms with Crippen LogP contribution in [0.15, 0.2) is 18.2 Å². The van der Waals surface area contributed by atoms with Crippen molar-refractivity contribution in [2.75, 3.05) is 7.11 Å². The van der Waals surface area contributed by atoms with E-state index in [1.165, 1.54) is 25.3 Å². The number of rotatable bonds is 2. The van der Waals surface area contributed by atoms with Crippen molar-refractivity contribution < 1.29 is 20.1 Å². The first-order chi connectivity index (χ1) is 5.65. The van der Waals surface area contributed by atoms with E-state index in [-0.39, 0.29) is 11.3 Å². The Hall–Kier alpha value is -1.26. The zero-order valence-corrected chi connectivity index (χ0v) is 6.56. The van der Waals surface area contributed by atoms with E-state index in [0.29, 0.717) is 5.75 Å². The van der Waals surface area contributed by atoms with Crippen LogP contribution in [0.3, 0.4) is 0 Å². The smallest absolute Gasteiger partial charge is 0.178 e. The number of ether oxygens (including phenoxy) is 1. The largest absolute Gasteiger partial charge is 0.504 e. The lowest BCUT2D eigenvalue weighted by Gasteiger charge is -2.06. The third-order valence-electron chi connectivity index (χ3n) is 1.50. The fraction of sp³-hybridized carbons (Fsp3) is 0.250. The zero-order chi connectivity index (χ0) is 9.14. The van der Waals surface area contributed by atoms with Crippen molar-refractivity contribution in [1.29, 1.82) is 0 Å². The van der Waals surface area contributed by atoms with Gasteiger partial charge in [-0.05, 0) is 12.1 Å². The number of hydrogen-bond acceptors (Lipinski definition) is 4. The fourth-order valence-electron chi connectivity index (χ4n) is 0.868. The molecular formula is C8H10O4. The van der Waals surface area contributed by atoms with E-state index in [9.17, 15) is 5.11 Å². The van der Waals surface area contributed by atoms with Gasteiger partial charge in [-0.25, -0.2) is 0 Å². The van der Waals surface area contributed by atoms with Crippen molar-refractivity contribution in [3.05, 3.63) is 23.8 Å². The molecule has 0 heterocycles. The van der Waals surface area contributed by atoms with Gasteiger partial charge >= 0.3 is 0 Å². The number of phenols is 1. The van der Waals surface area contributed by atoms with Gasteiger partial charge in [0.15, 0.2) is 17.8 Å². The molecule has 0 saturated carbocycles. The monoisotopic (exact) mass is 170 g/mol. The van der Waals surface area contributed by atoms with Crippen LogP contribution in [-0.2, 0) is 0 Å². The Balaban J connectivity index is 3.02. The predicted molar refractivity (Wildman–Crippen MR) is 41.8 cm³/mol. The summed E-state index contributed by atoms with van der Waals surface area (Å²) >= 11 is 0. The predicted octanol–water partition coefficient (Wildman–Crippen LogP) is 0.384. The quantitative estimate of drug-likeness (QED) is 0.561. The second-order valence-corrected chi connectivity index (χ2v) is 2.30. The van der Waals surface area contributed by atoms with Crippen LogP contribution >= 0.6 is 0 Å². The third-order valence-corrected chi connectivity index (χ3v) is 1.50. The minimum absolute atomic E-state index is 0.108. The van der Waals surface area contributed by atoms with E-state index in [1.807, 2.05) is 0 Å². The minimum Gasteiger partial charge on any atom is -0.504 e. The average molecular weight is 170 g/mol. The summed E-state index contributed by atoms with van der Waals surface area (Å²) in [6.07, 6.45) is -1.57. The van der Waals surface area contributed by atoms with Crippen molar-refractivity contribution in [3.8, 4) is 11.5 Å². The third kappa shape index (κ3) is 1.66. The van der Waals surface area contributed by atoms with Gasteiger partial charge in [-0.15, -0.1) is 0 Å². The van der Waals surface area contributed by atoms with E-state index in [2.05, 4.69) is 0 Å². The van der Waals surface area contributed by atoms with Gasteiger partial charge in [0, 0.05) is 5.56 Å². The van der Waals surface area contributed by atoms with Crippen LogP contribution in [-0.4, -0.2) is 22.4 Å². The molecule has 0 aromatic heterocycles. The molecule has 0 aliphatic rings. The molecule has 0 fully saturated rings. The Bertz CT molecular complexity index is 270. The van der Waals surface area contributed by atoms with Crippen LogP contribution in [0.4, 0.5) is 0 Å². The Morgan fingerprint density at radius 2 is 2.00 bits per heavy atom. The molecular weight excluding hydrogens is 160 g/mol. The molecule has 0 atom stereocenters. The second-order valence-electron chi connectivity index (χ2n) is 2.30. The van der Waals surface area contributed by atoms with Crippen LogP contribution in [0.2, 0.25) is 0 Å². The number of phenolic OH excluding ortho intramolecular Hbond substituents is 1. The fourth-order valence-corrected chi connectivity index (χ4v) is 0.868. The highest BCUT2D eigenvalue weighted by atomic mass is 16.5. The molecule has 1 rings (SSSR count). The van der Waals surface area contributed by atoms with E-state index in [0.717, 1.165) is 0 Å². The molecule has 0 unspecified atom stereocenters. The lowest BCUT2D eigenvalue weighted by molar-refractivity contribution is -0.0426. The maximum atomic E-state index is 9.19. The summed E-state index contributed by atoms with van der Waals surface area (Å²) in [5.41, 5.74) is 0.230. The van der Waals surface area contributed by atoms with Crippen molar-refractivity contribution in [2.24, 2.45) is 0 Å². The summed E-state index contributed by atoms with van der Waals surface area (Å²) in [5.74, 6) is 0.197. The molecule has 3 N–H and O–H groups in total. The van der Waals surface area contributed by atoms with E-state index < -0.39 is 6.29 Å². The van der Waals surface area contributed by atoms with E-state index in [1.54, 1.807) is 0 Å². The molecule has 66 valence electrons. The summed E-state index contributed by atoms with van der Waals surface area (Å²) in [5, 5.41) is 26.6. The Labute approximate surface area is 69.7 Å². The summed E-state index contributed by atoms with van der Waals surface area (Å²) in [7, 11) is 1.42. The number of aliphatic hydroxyl groups is 2. The van der Waals surface area contributed by atoms with E-state index in [4.69, 9.17) is 14.9 Å². The minimum atomic E-state index is -1.57. The van der Waals surface area contributed by atoms with Crippen molar-refractivity contribution in [3.63, 3.8) is 0 Å². The van der Waals surface area contributed by atoms with Gasteiger partial charge in [-0.3, -0.25) is 0 Å². The van der Waals surface area contributed by atoms with Gasteiger partial charge in [0.1, 0.15) is 0 Å². The van der Waals surface area contributed by atoms with Gasteiger partial charge in [-0.2, -0.15) is 0 Å². The highest BCUT2D eigenvalue weighted by Crippen LogP contribution is 2.27. The van der Waals surface area contributed by atoms with Crippen LogP contribution < -0.4 is 4.74 Å². The molecule has 0 aliphatic heterocycles. The van der Waals surface area contributed by atoms with Crippen molar-refractivity contribution in [1.82, 2.24) is 0 Å². The summed E-state index contributed by atoms with van der Waals surface area (Å²) in [4.78, 5) is 0. The number of aliphatic hydroxyl groups excluding tert-OH is 1. The molecule has 0 radical (unpaired) electrons. The van der Waals surface area contributed by atoms with Gasteiger partial charge in [0.25, 0.3) is 0 Å². The van der Waals surface area contributed by atoms with Gasteiger partial charge in [-0.1, -0.05) is 6.07 Å². The van der Waals surface area contributed by atoms with Crippen LogP contribution in [0.5, 0.6) is 11.5 Å². The first-order valence-corrected chi connectivity index (χ1v) is 3.38.